The number of amides is 5. The molecule has 2 aliphatic heterocycles. The number of ether oxygens (including phenoxy) is 1. The quantitative estimate of drug-likeness (QED) is 0.234. The zero-order chi connectivity index (χ0) is 35.0. The van der Waals surface area contributed by atoms with E-state index in [1.165, 1.54) is 4.90 Å². The Morgan fingerprint density at radius 1 is 0.980 bits per heavy atom. The average molecular weight is 675 g/mol. The Labute approximate surface area is 286 Å². The minimum absolute atomic E-state index is 0.00779. The number of likely N-dealkylation sites (tertiary alicyclic amines) is 1. The van der Waals surface area contributed by atoms with Crippen LogP contribution in [0.15, 0.2) is 54.7 Å². The van der Waals surface area contributed by atoms with Crippen molar-refractivity contribution in [2.75, 3.05) is 13.1 Å². The zero-order valence-electron chi connectivity index (χ0n) is 28.1. The molecule has 2 aromatic rings. The maximum Gasteiger partial charge on any atom is 0.408 e. The van der Waals surface area contributed by atoms with Gasteiger partial charge >= 0.3 is 6.09 Å². The van der Waals surface area contributed by atoms with Gasteiger partial charge in [0.25, 0.3) is 5.91 Å². The van der Waals surface area contributed by atoms with Gasteiger partial charge < -0.3 is 30.9 Å². The number of Topliss-reactive ketones (excluding diaryl/α,β-unsaturated/α-hetero) is 1. The second kappa shape index (κ2) is 16.1. The normalized spacial score (nSPS) is 20.8. The number of carbonyl (C=O) groups excluding carboxylic acids is 6. The van der Waals surface area contributed by atoms with Gasteiger partial charge in [-0.3, -0.25) is 29.0 Å². The molecule has 13 heteroatoms. The van der Waals surface area contributed by atoms with Crippen molar-refractivity contribution >= 4 is 35.5 Å². The molecule has 13 nitrogen and oxygen atoms in total. The van der Waals surface area contributed by atoms with E-state index >= 15 is 0 Å². The first kappa shape index (κ1) is 35.5. The predicted molar refractivity (Wildman–Crippen MR) is 178 cm³/mol. The van der Waals surface area contributed by atoms with E-state index in [1.54, 1.807) is 38.2 Å². The first-order chi connectivity index (χ1) is 23.5. The SMILES string of the molecule is CC(C)NC(=O)C(=O)[C@H](C[C@@H]1CCNC1=O)NC(=O)[C@@H]1CC2(CCCC2)CN1C(=O)[C@H](Cc1ccccn1)NC(=O)OCc1ccccc1. The van der Waals surface area contributed by atoms with E-state index in [4.69, 9.17) is 4.74 Å². The number of hydrogen-bond donors (Lipinski definition) is 4. The van der Waals surface area contributed by atoms with Gasteiger partial charge in [0.1, 0.15) is 18.7 Å². The number of pyridine rings is 1. The van der Waals surface area contributed by atoms with E-state index in [-0.39, 0.29) is 36.8 Å². The van der Waals surface area contributed by atoms with Crippen LogP contribution in [0, 0.1) is 11.3 Å². The summed E-state index contributed by atoms with van der Waals surface area (Å²) in [5, 5.41) is 10.8. The number of carbonyl (C=O) groups is 6. The highest BCUT2D eigenvalue weighted by molar-refractivity contribution is 6.38. The molecule has 0 radical (unpaired) electrons. The molecular weight excluding hydrogens is 628 g/mol. The number of benzene rings is 1. The molecule has 262 valence electrons. The third-order valence-corrected chi connectivity index (χ3v) is 9.66. The lowest BCUT2D eigenvalue weighted by Gasteiger charge is -2.30. The van der Waals surface area contributed by atoms with E-state index in [9.17, 15) is 28.8 Å². The van der Waals surface area contributed by atoms with Crippen LogP contribution in [-0.2, 0) is 41.7 Å². The second-order valence-electron chi connectivity index (χ2n) is 13.7. The summed E-state index contributed by atoms with van der Waals surface area (Å²) >= 11 is 0. The highest BCUT2D eigenvalue weighted by atomic mass is 16.5. The summed E-state index contributed by atoms with van der Waals surface area (Å²) in [7, 11) is 0. The summed E-state index contributed by atoms with van der Waals surface area (Å²) in [4.78, 5) is 86.1. The van der Waals surface area contributed by atoms with Gasteiger partial charge in [-0.15, -0.1) is 0 Å². The number of hydrogen-bond acceptors (Lipinski definition) is 8. The summed E-state index contributed by atoms with van der Waals surface area (Å²) in [5.74, 6) is -3.52. The van der Waals surface area contributed by atoms with Crippen molar-refractivity contribution in [2.45, 2.75) is 96.0 Å². The van der Waals surface area contributed by atoms with E-state index in [0.717, 1.165) is 31.2 Å². The van der Waals surface area contributed by atoms with E-state index < -0.39 is 53.6 Å². The van der Waals surface area contributed by atoms with Crippen LogP contribution >= 0.6 is 0 Å². The van der Waals surface area contributed by atoms with Crippen molar-refractivity contribution < 1.29 is 33.5 Å². The maximum absolute atomic E-state index is 14.4. The minimum Gasteiger partial charge on any atom is -0.445 e. The molecule has 1 aliphatic carbocycles. The molecule has 2 saturated heterocycles. The molecule has 3 aliphatic rings. The molecule has 4 atom stereocenters. The van der Waals surface area contributed by atoms with Crippen molar-refractivity contribution in [3.63, 3.8) is 0 Å². The number of nitrogens with one attached hydrogen (secondary N) is 4. The molecule has 49 heavy (non-hydrogen) atoms. The molecule has 1 spiro atoms. The van der Waals surface area contributed by atoms with Crippen LogP contribution in [0.2, 0.25) is 0 Å². The van der Waals surface area contributed by atoms with Gasteiger partial charge in [0, 0.05) is 43.4 Å². The Kier molecular flexibility index (Phi) is 11.6. The van der Waals surface area contributed by atoms with Crippen LogP contribution in [-0.4, -0.2) is 82.6 Å². The van der Waals surface area contributed by atoms with Crippen molar-refractivity contribution in [1.82, 2.24) is 31.2 Å². The Balaban J connectivity index is 1.37. The molecule has 4 N–H and O–H groups in total. The molecular formula is C36H46N6O7. The van der Waals surface area contributed by atoms with Crippen molar-refractivity contribution in [3.05, 3.63) is 66.0 Å². The molecule has 3 heterocycles. The van der Waals surface area contributed by atoms with Crippen LogP contribution < -0.4 is 21.3 Å². The van der Waals surface area contributed by atoms with Gasteiger partial charge in [-0.25, -0.2) is 4.79 Å². The Morgan fingerprint density at radius 3 is 2.37 bits per heavy atom. The van der Waals surface area contributed by atoms with Gasteiger partial charge in [-0.2, -0.15) is 0 Å². The molecule has 0 bridgehead atoms. The van der Waals surface area contributed by atoms with E-state index in [1.807, 2.05) is 30.3 Å². The summed E-state index contributed by atoms with van der Waals surface area (Å²) in [6.07, 6.45) is 5.28. The molecule has 1 aromatic carbocycles. The van der Waals surface area contributed by atoms with Crippen molar-refractivity contribution in [1.29, 1.82) is 0 Å². The smallest absolute Gasteiger partial charge is 0.408 e. The topological polar surface area (TPSA) is 176 Å². The van der Waals surface area contributed by atoms with Crippen LogP contribution in [0.3, 0.4) is 0 Å². The number of nitrogens with zero attached hydrogens (tertiary/aromatic N) is 2. The summed E-state index contributed by atoms with van der Waals surface area (Å²) in [6.45, 7) is 4.20. The fourth-order valence-corrected chi connectivity index (χ4v) is 7.19. The molecule has 1 aromatic heterocycles. The predicted octanol–water partition coefficient (Wildman–Crippen LogP) is 2.19. The molecule has 3 fully saturated rings. The van der Waals surface area contributed by atoms with Crippen LogP contribution in [0.25, 0.3) is 0 Å². The second-order valence-corrected chi connectivity index (χ2v) is 13.7. The fraction of sp³-hybridized carbons (Fsp3) is 0.528. The standard InChI is InChI=1S/C36H46N6O7/c1-23(2)39-33(46)30(43)27(18-25-13-17-38-31(25)44)40-32(45)29-20-36(14-7-8-15-36)22-42(29)34(47)28(19-26-12-6-9-16-37-26)41-35(48)49-21-24-10-4-3-5-11-24/h3-6,9-12,16,23,25,27-29H,7-8,13-15,17-22H2,1-2H3,(H,38,44)(H,39,46)(H,40,45)(H,41,48)/t25-,27-,28-,29-/m0/s1. The number of ketones is 1. The molecule has 5 rings (SSSR count). The Hall–Kier alpha value is -4.81. The van der Waals surface area contributed by atoms with Crippen LogP contribution in [0.4, 0.5) is 4.79 Å². The summed E-state index contributed by atoms with van der Waals surface area (Å²) in [6, 6.07) is 10.8. The summed E-state index contributed by atoms with van der Waals surface area (Å²) in [5.41, 5.74) is 1.06. The molecule has 0 unspecified atom stereocenters. The van der Waals surface area contributed by atoms with Crippen molar-refractivity contribution in [3.8, 4) is 0 Å². The van der Waals surface area contributed by atoms with Crippen molar-refractivity contribution in [2.24, 2.45) is 11.3 Å². The lowest BCUT2D eigenvalue weighted by atomic mass is 9.83. The lowest BCUT2D eigenvalue weighted by Crippen LogP contribution is -2.57. The Bertz CT molecular complexity index is 1510. The number of aromatic nitrogens is 1. The fourth-order valence-electron chi connectivity index (χ4n) is 7.19. The van der Waals surface area contributed by atoms with E-state index in [2.05, 4.69) is 26.3 Å². The minimum atomic E-state index is -1.26. The monoisotopic (exact) mass is 674 g/mol. The number of alkyl carbamates (subject to hydrolysis) is 1. The van der Waals surface area contributed by atoms with Gasteiger partial charge in [-0.05, 0) is 69.1 Å². The third-order valence-electron chi connectivity index (χ3n) is 9.66. The van der Waals surface area contributed by atoms with E-state index in [0.29, 0.717) is 31.6 Å². The van der Waals surface area contributed by atoms with Crippen LogP contribution in [0.1, 0.15) is 70.1 Å². The highest BCUT2D eigenvalue weighted by Gasteiger charge is 2.51. The molecule has 5 amide bonds. The van der Waals surface area contributed by atoms with Gasteiger partial charge in [0.05, 0.1) is 6.04 Å². The average Bonchev–Trinajstić information content (AvgIpc) is 3.83. The zero-order valence-corrected chi connectivity index (χ0v) is 28.1. The highest BCUT2D eigenvalue weighted by Crippen LogP contribution is 2.48. The van der Waals surface area contributed by atoms with Gasteiger partial charge in [0.15, 0.2) is 0 Å². The number of rotatable bonds is 13. The third kappa shape index (κ3) is 9.21. The first-order valence-electron chi connectivity index (χ1n) is 17.1. The molecule has 1 saturated carbocycles. The Morgan fingerprint density at radius 2 is 1.71 bits per heavy atom. The van der Waals surface area contributed by atoms with Crippen LogP contribution in [0.5, 0.6) is 0 Å². The van der Waals surface area contributed by atoms with Gasteiger partial charge in [-0.1, -0.05) is 49.2 Å². The lowest BCUT2D eigenvalue weighted by molar-refractivity contribution is -0.143. The first-order valence-corrected chi connectivity index (χ1v) is 17.1. The van der Waals surface area contributed by atoms with Gasteiger partial charge in [0.2, 0.25) is 23.5 Å². The maximum atomic E-state index is 14.4. The summed E-state index contributed by atoms with van der Waals surface area (Å²) < 4.78 is 5.45. The largest absolute Gasteiger partial charge is 0.445 e.